The maximum absolute atomic E-state index is 12.1. The zero-order valence-electron chi connectivity index (χ0n) is 12.8. The van der Waals surface area contributed by atoms with Crippen molar-refractivity contribution in [2.75, 3.05) is 27.2 Å². The smallest absolute Gasteiger partial charge is 0.306 e. The highest BCUT2D eigenvalue weighted by atomic mass is 32.2. The molecule has 1 aromatic heterocycles. The van der Waals surface area contributed by atoms with Crippen molar-refractivity contribution in [3.63, 3.8) is 0 Å². The third kappa shape index (κ3) is 5.39. The van der Waals surface area contributed by atoms with Gasteiger partial charge in [-0.3, -0.25) is 4.79 Å². The minimum atomic E-state index is -3.61. The average Bonchev–Trinajstić information content (AvgIpc) is 2.97. The molecule has 1 aromatic rings. The Morgan fingerprint density at radius 1 is 1.48 bits per heavy atom. The number of carbonyl (C=O) groups excluding carboxylic acids is 1. The molecule has 120 valence electrons. The molecule has 0 aliphatic carbocycles. The van der Waals surface area contributed by atoms with Crippen molar-refractivity contribution in [3.8, 4) is 0 Å². The van der Waals surface area contributed by atoms with Crippen LogP contribution in [0, 0.1) is 0 Å². The van der Waals surface area contributed by atoms with Crippen molar-refractivity contribution in [2.45, 2.75) is 25.7 Å². The second-order valence-electron chi connectivity index (χ2n) is 5.34. The van der Waals surface area contributed by atoms with E-state index in [9.17, 15) is 13.2 Å². The molecule has 0 aliphatic rings. The van der Waals surface area contributed by atoms with E-state index in [2.05, 4.69) is 9.46 Å². The second kappa shape index (κ2) is 7.35. The van der Waals surface area contributed by atoms with E-state index in [-0.39, 0.29) is 18.4 Å². The Labute approximate surface area is 130 Å². The Bertz CT molecular complexity index is 553. The highest BCUT2D eigenvalue weighted by Gasteiger charge is 2.26. The van der Waals surface area contributed by atoms with Crippen LogP contribution in [0.5, 0.6) is 0 Å². The summed E-state index contributed by atoms with van der Waals surface area (Å²) in [6, 6.07) is 3.93. The van der Waals surface area contributed by atoms with Gasteiger partial charge in [0.15, 0.2) is 0 Å². The molecule has 0 fully saturated rings. The standard InChI is InChI=1S/C13H22N2O4S2/c1-13(2,11-6-5-9-20-11)10-14-21(17,18)15(3)8-7-12(16)19-4/h5-6,9,14H,7-8,10H2,1-4H3. The molecule has 1 rings (SSSR count). The lowest BCUT2D eigenvalue weighted by molar-refractivity contribution is -0.140. The number of methoxy groups -OCH3 is 1. The SMILES string of the molecule is COC(=O)CCN(C)S(=O)(=O)NCC(C)(C)c1cccs1. The molecule has 0 saturated heterocycles. The maximum Gasteiger partial charge on any atom is 0.306 e. The fourth-order valence-electron chi connectivity index (χ4n) is 1.60. The van der Waals surface area contributed by atoms with Crippen LogP contribution in [0.15, 0.2) is 17.5 Å². The van der Waals surface area contributed by atoms with E-state index >= 15 is 0 Å². The Balaban J connectivity index is 2.58. The number of carbonyl (C=O) groups is 1. The van der Waals surface area contributed by atoms with Crippen LogP contribution in [0.4, 0.5) is 0 Å². The summed E-state index contributed by atoms with van der Waals surface area (Å²) in [5.74, 6) is -0.434. The third-order valence-electron chi connectivity index (χ3n) is 3.15. The van der Waals surface area contributed by atoms with E-state index in [1.54, 1.807) is 11.3 Å². The molecule has 6 nitrogen and oxygen atoms in total. The Morgan fingerprint density at radius 2 is 2.14 bits per heavy atom. The third-order valence-corrected chi connectivity index (χ3v) is 5.90. The van der Waals surface area contributed by atoms with Crippen molar-refractivity contribution in [2.24, 2.45) is 0 Å². The summed E-state index contributed by atoms with van der Waals surface area (Å²) in [6.07, 6.45) is 0.0300. The Hall–Kier alpha value is -0.960. The molecule has 1 heterocycles. The highest BCUT2D eigenvalue weighted by molar-refractivity contribution is 7.87. The lowest BCUT2D eigenvalue weighted by Crippen LogP contribution is -2.44. The minimum absolute atomic E-state index is 0.0300. The summed E-state index contributed by atoms with van der Waals surface area (Å²) in [4.78, 5) is 12.2. The molecule has 0 aliphatic heterocycles. The number of esters is 1. The van der Waals surface area contributed by atoms with Crippen LogP contribution < -0.4 is 4.72 Å². The second-order valence-corrected chi connectivity index (χ2v) is 8.14. The van der Waals surface area contributed by atoms with Crippen molar-refractivity contribution >= 4 is 27.5 Å². The summed E-state index contributed by atoms with van der Waals surface area (Å²) in [5.41, 5.74) is -0.287. The lowest BCUT2D eigenvalue weighted by Gasteiger charge is -2.25. The topological polar surface area (TPSA) is 75.7 Å². The van der Waals surface area contributed by atoms with Crippen LogP contribution in [-0.4, -0.2) is 45.9 Å². The van der Waals surface area contributed by atoms with Gasteiger partial charge in [0.25, 0.3) is 10.2 Å². The van der Waals surface area contributed by atoms with Gasteiger partial charge in [-0.2, -0.15) is 12.7 Å². The van der Waals surface area contributed by atoms with E-state index in [0.717, 1.165) is 9.18 Å². The van der Waals surface area contributed by atoms with E-state index in [0.29, 0.717) is 6.54 Å². The van der Waals surface area contributed by atoms with Crippen LogP contribution in [-0.2, 0) is 25.2 Å². The summed E-state index contributed by atoms with van der Waals surface area (Å²) in [5, 5.41) is 1.97. The van der Waals surface area contributed by atoms with Gasteiger partial charge < -0.3 is 4.74 Å². The van der Waals surface area contributed by atoms with Gasteiger partial charge in [-0.25, -0.2) is 4.72 Å². The van der Waals surface area contributed by atoms with E-state index < -0.39 is 16.2 Å². The Kier molecular flexibility index (Phi) is 6.33. The number of thiophene rings is 1. The number of rotatable bonds is 8. The summed E-state index contributed by atoms with van der Waals surface area (Å²) in [6.45, 7) is 4.34. The molecule has 0 saturated carbocycles. The maximum atomic E-state index is 12.1. The van der Waals surface area contributed by atoms with Crippen molar-refractivity contribution in [1.29, 1.82) is 0 Å². The number of hydrogen-bond acceptors (Lipinski definition) is 5. The lowest BCUT2D eigenvalue weighted by atomic mass is 9.92. The first kappa shape index (κ1) is 18.1. The fraction of sp³-hybridized carbons (Fsp3) is 0.615. The first-order valence-electron chi connectivity index (χ1n) is 6.51. The molecule has 1 N–H and O–H groups in total. The van der Waals surface area contributed by atoms with Gasteiger partial charge in [0.2, 0.25) is 0 Å². The minimum Gasteiger partial charge on any atom is -0.469 e. The molecule has 0 spiro atoms. The van der Waals surface area contributed by atoms with Crippen LogP contribution in [0.3, 0.4) is 0 Å². The fourth-order valence-corrected chi connectivity index (χ4v) is 3.55. The van der Waals surface area contributed by atoms with E-state index in [1.807, 2.05) is 31.4 Å². The summed E-state index contributed by atoms with van der Waals surface area (Å²) >= 11 is 1.60. The van der Waals surface area contributed by atoms with Gasteiger partial charge in [0, 0.05) is 30.4 Å². The van der Waals surface area contributed by atoms with Crippen molar-refractivity contribution in [1.82, 2.24) is 9.03 Å². The molecule has 8 heteroatoms. The predicted molar refractivity (Wildman–Crippen MR) is 83.5 cm³/mol. The van der Waals surface area contributed by atoms with Crippen molar-refractivity contribution in [3.05, 3.63) is 22.4 Å². The number of nitrogens with one attached hydrogen (secondary N) is 1. The summed E-state index contributed by atoms with van der Waals surface area (Å²) in [7, 11) is -0.898. The molecule has 0 amide bonds. The monoisotopic (exact) mass is 334 g/mol. The predicted octanol–water partition coefficient (Wildman–Crippen LogP) is 1.36. The molecular weight excluding hydrogens is 312 g/mol. The number of hydrogen-bond donors (Lipinski definition) is 1. The Morgan fingerprint density at radius 3 is 2.67 bits per heavy atom. The highest BCUT2D eigenvalue weighted by Crippen LogP contribution is 2.26. The van der Waals surface area contributed by atoms with Crippen LogP contribution in [0.1, 0.15) is 25.1 Å². The number of nitrogens with zero attached hydrogens (tertiary/aromatic N) is 1. The molecule has 21 heavy (non-hydrogen) atoms. The van der Waals surface area contributed by atoms with Gasteiger partial charge >= 0.3 is 5.97 Å². The summed E-state index contributed by atoms with van der Waals surface area (Å²) < 4.78 is 32.4. The quantitative estimate of drug-likeness (QED) is 0.728. The van der Waals surface area contributed by atoms with E-state index in [1.165, 1.54) is 14.2 Å². The number of ether oxygens (including phenoxy) is 1. The zero-order valence-corrected chi connectivity index (χ0v) is 14.4. The molecular formula is C13H22N2O4S2. The first-order chi connectivity index (χ1) is 9.69. The largest absolute Gasteiger partial charge is 0.469 e. The van der Waals surface area contributed by atoms with Crippen LogP contribution in [0.2, 0.25) is 0 Å². The van der Waals surface area contributed by atoms with Crippen LogP contribution >= 0.6 is 11.3 Å². The van der Waals surface area contributed by atoms with Crippen molar-refractivity contribution < 1.29 is 17.9 Å². The zero-order chi connectivity index (χ0) is 16.1. The molecule has 0 aromatic carbocycles. The van der Waals surface area contributed by atoms with Gasteiger partial charge in [0.05, 0.1) is 13.5 Å². The molecule has 0 atom stereocenters. The van der Waals surface area contributed by atoms with Crippen LogP contribution in [0.25, 0.3) is 0 Å². The normalized spacial score (nSPS) is 12.6. The molecule has 0 unspecified atom stereocenters. The molecule has 0 bridgehead atoms. The van der Waals surface area contributed by atoms with Gasteiger partial charge in [-0.1, -0.05) is 19.9 Å². The van der Waals surface area contributed by atoms with Gasteiger partial charge in [-0.05, 0) is 11.4 Å². The first-order valence-corrected chi connectivity index (χ1v) is 8.83. The van der Waals surface area contributed by atoms with Gasteiger partial charge in [0.1, 0.15) is 0 Å². The van der Waals surface area contributed by atoms with Gasteiger partial charge in [-0.15, -0.1) is 11.3 Å². The average molecular weight is 334 g/mol. The van der Waals surface area contributed by atoms with E-state index in [4.69, 9.17) is 0 Å². The molecule has 0 radical (unpaired) electrons.